The Morgan fingerprint density at radius 1 is 1.21 bits per heavy atom. The third-order valence-electron chi connectivity index (χ3n) is 6.72. The first-order chi connectivity index (χ1) is 18.2. The van der Waals surface area contributed by atoms with Crippen LogP contribution in [0.3, 0.4) is 0 Å². The molecule has 1 aliphatic carbocycles. The number of ether oxygens (including phenoxy) is 1. The van der Waals surface area contributed by atoms with Crippen LogP contribution in [0.15, 0.2) is 51.9 Å². The number of halogens is 4. The number of hydrogen-bond acceptors (Lipinski definition) is 7. The van der Waals surface area contributed by atoms with Crippen LogP contribution >= 0.6 is 22.9 Å². The predicted molar refractivity (Wildman–Crippen MR) is 136 cm³/mol. The van der Waals surface area contributed by atoms with Gasteiger partial charge < -0.3 is 4.74 Å². The third kappa shape index (κ3) is 5.94. The van der Waals surface area contributed by atoms with Crippen LogP contribution in [0.4, 0.5) is 13.2 Å². The Morgan fingerprint density at radius 3 is 2.63 bits per heavy atom. The molecule has 1 fully saturated rings. The van der Waals surface area contributed by atoms with Crippen LogP contribution in [0.1, 0.15) is 59.0 Å². The highest BCUT2D eigenvalue weighted by molar-refractivity contribution is 7.11. The number of H-pyrrole nitrogens is 1. The second kappa shape index (κ2) is 10.9. The van der Waals surface area contributed by atoms with Gasteiger partial charge in [0.1, 0.15) is 11.9 Å². The summed E-state index contributed by atoms with van der Waals surface area (Å²) in [6.45, 7) is 1.89. The van der Waals surface area contributed by atoms with E-state index in [1.165, 1.54) is 11.3 Å². The zero-order valence-electron chi connectivity index (χ0n) is 20.3. The summed E-state index contributed by atoms with van der Waals surface area (Å²) in [5.74, 6) is -1.22. The molecule has 0 amide bonds. The van der Waals surface area contributed by atoms with Crippen molar-refractivity contribution in [2.24, 2.45) is 5.92 Å². The van der Waals surface area contributed by atoms with E-state index < -0.39 is 24.0 Å². The second-order valence-electron chi connectivity index (χ2n) is 9.31. The van der Waals surface area contributed by atoms with Crippen molar-refractivity contribution < 1.29 is 22.4 Å². The van der Waals surface area contributed by atoms with Crippen LogP contribution in [-0.2, 0) is 6.42 Å². The minimum absolute atomic E-state index is 0.0000982. The van der Waals surface area contributed by atoms with Gasteiger partial charge in [0, 0.05) is 29.8 Å². The number of rotatable bonds is 7. The van der Waals surface area contributed by atoms with Gasteiger partial charge in [0.05, 0.1) is 26.5 Å². The van der Waals surface area contributed by atoms with Gasteiger partial charge in [-0.25, -0.2) is 9.78 Å². The number of nitrogens with one attached hydrogen (secondary N) is 1. The molecule has 1 aromatic carbocycles. The summed E-state index contributed by atoms with van der Waals surface area (Å²) in [6, 6.07) is 10.7. The molecule has 0 radical (unpaired) electrons. The Balaban J connectivity index is 1.40. The van der Waals surface area contributed by atoms with E-state index in [0.29, 0.717) is 35.6 Å². The van der Waals surface area contributed by atoms with Crippen molar-refractivity contribution in [2.45, 2.75) is 57.2 Å². The van der Waals surface area contributed by atoms with E-state index in [4.69, 9.17) is 21.3 Å². The summed E-state index contributed by atoms with van der Waals surface area (Å²) in [6.07, 6.45) is -1.25. The monoisotopic (exact) mass is 564 g/mol. The number of hydrogen-bond donors (Lipinski definition) is 1. The quantitative estimate of drug-likeness (QED) is 0.259. The first-order valence-electron chi connectivity index (χ1n) is 12.1. The average molecular weight is 565 g/mol. The normalized spacial score (nSPS) is 18.9. The van der Waals surface area contributed by atoms with Crippen LogP contribution in [-0.4, -0.2) is 26.3 Å². The van der Waals surface area contributed by atoms with Crippen molar-refractivity contribution in [2.75, 3.05) is 0 Å². The smallest absolute Gasteiger partial charge is 0.439 e. The Labute approximate surface area is 225 Å². The Kier molecular flexibility index (Phi) is 7.58. The molecule has 0 aliphatic heterocycles. The molecule has 1 unspecified atom stereocenters. The van der Waals surface area contributed by atoms with Gasteiger partial charge in [-0.15, -0.1) is 11.3 Å². The minimum Gasteiger partial charge on any atom is -0.484 e. The van der Waals surface area contributed by atoms with Crippen molar-refractivity contribution in [1.29, 1.82) is 0 Å². The standard InChI is InChI=1S/C26H24ClF3N4O3S/c1-14-22(38-24(32-14)15-5-7-16(8-6-15)26(28,29)30)21(12-17-4-2-3-11-31-17)36-18-9-10-19(20(27)13-18)23-33-25(35)37-34-23/h2-4,9-11,13,15-16,21H,5-8,12H2,1H3,(H,33,34,35)/t15-,16-,21?. The number of aromatic nitrogens is 4. The van der Waals surface area contributed by atoms with Gasteiger partial charge in [-0.1, -0.05) is 22.8 Å². The highest BCUT2D eigenvalue weighted by Crippen LogP contribution is 2.45. The summed E-state index contributed by atoms with van der Waals surface area (Å²) in [5, 5.41) is 4.83. The van der Waals surface area contributed by atoms with Gasteiger partial charge in [-0.05, 0) is 62.9 Å². The number of pyridine rings is 1. The van der Waals surface area contributed by atoms with Crippen molar-refractivity contribution in [1.82, 2.24) is 20.1 Å². The number of alkyl halides is 3. The minimum atomic E-state index is -4.14. The first kappa shape index (κ1) is 26.4. The van der Waals surface area contributed by atoms with Crippen LogP contribution in [0.25, 0.3) is 11.4 Å². The zero-order valence-corrected chi connectivity index (χ0v) is 21.9. The van der Waals surface area contributed by atoms with Crippen LogP contribution in [0.5, 0.6) is 5.75 Å². The van der Waals surface area contributed by atoms with Crippen molar-refractivity contribution in [3.63, 3.8) is 0 Å². The number of nitrogens with zero attached hydrogens (tertiary/aromatic N) is 3. The SMILES string of the molecule is Cc1nc([C@H]2CC[C@H](C(F)(F)F)CC2)sc1C(Cc1ccccn1)Oc1ccc(-c2noc(=O)[nH]2)c(Cl)c1. The molecule has 1 N–H and O–H groups in total. The Hall–Kier alpha value is -3.18. The van der Waals surface area contributed by atoms with Gasteiger partial charge in [0.2, 0.25) is 0 Å². The summed E-state index contributed by atoms with van der Waals surface area (Å²) in [7, 11) is 0. The summed E-state index contributed by atoms with van der Waals surface area (Å²) < 4.78 is 50.4. The van der Waals surface area contributed by atoms with Crippen molar-refractivity contribution >= 4 is 22.9 Å². The maximum Gasteiger partial charge on any atom is 0.439 e. The fourth-order valence-corrected chi connectivity index (χ4v) is 6.27. The van der Waals surface area contributed by atoms with Gasteiger partial charge >= 0.3 is 11.9 Å². The molecule has 0 bridgehead atoms. The average Bonchev–Trinajstić information content (AvgIpc) is 3.49. The largest absolute Gasteiger partial charge is 0.484 e. The molecule has 4 aromatic rings. The van der Waals surface area contributed by atoms with Crippen molar-refractivity contribution in [3.8, 4) is 17.1 Å². The second-order valence-corrected chi connectivity index (χ2v) is 10.8. The summed E-state index contributed by atoms with van der Waals surface area (Å²) >= 11 is 7.95. The lowest BCUT2D eigenvalue weighted by Gasteiger charge is -2.28. The first-order valence-corrected chi connectivity index (χ1v) is 13.3. The number of benzene rings is 1. The molecule has 1 saturated carbocycles. The zero-order chi connectivity index (χ0) is 26.9. The molecule has 1 atom stereocenters. The third-order valence-corrected chi connectivity index (χ3v) is 8.44. The Bertz CT molecular complexity index is 1450. The van der Waals surface area contributed by atoms with E-state index in [9.17, 15) is 18.0 Å². The molecular formula is C26H24ClF3N4O3S. The summed E-state index contributed by atoms with van der Waals surface area (Å²) in [5.41, 5.74) is 2.09. The van der Waals surface area contributed by atoms with Gasteiger partial charge in [-0.2, -0.15) is 13.2 Å². The fourth-order valence-electron chi connectivity index (χ4n) is 4.74. The lowest BCUT2D eigenvalue weighted by atomic mass is 9.82. The van der Waals surface area contributed by atoms with Crippen LogP contribution < -0.4 is 10.5 Å². The molecule has 0 spiro atoms. The maximum absolute atomic E-state index is 13.1. The van der Waals surface area contributed by atoms with Crippen molar-refractivity contribution in [3.05, 3.63) is 79.4 Å². The molecule has 1 aliphatic rings. The molecule has 3 aromatic heterocycles. The predicted octanol–water partition coefficient (Wildman–Crippen LogP) is 7.04. The highest BCUT2D eigenvalue weighted by Gasteiger charge is 2.42. The van der Waals surface area contributed by atoms with E-state index in [1.807, 2.05) is 25.1 Å². The molecule has 7 nitrogen and oxygen atoms in total. The lowest BCUT2D eigenvalue weighted by Crippen LogP contribution is -2.27. The molecule has 3 heterocycles. The molecular weight excluding hydrogens is 541 g/mol. The lowest BCUT2D eigenvalue weighted by molar-refractivity contribution is -0.182. The van der Waals surface area contributed by atoms with Gasteiger partial charge in [0.25, 0.3) is 0 Å². The Morgan fingerprint density at radius 2 is 2.00 bits per heavy atom. The molecule has 5 rings (SSSR count). The number of aromatic amines is 1. The molecule has 38 heavy (non-hydrogen) atoms. The van der Waals surface area contributed by atoms with E-state index in [0.717, 1.165) is 21.3 Å². The maximum atomic E-state index is 13.1. The number of thiazole rings is 1. The molecule has 12 heteroatoms. The van der Waals surface area contributed by atoms with Gasteiger partial charge in [0.15, 0.2) is 5.82 Å². The molecule has 200 valence electrons. The molecule has 0 saturated heterocycles. The van der Waals surface area contributed by atoms with Gasteiger partial charge in [-0.3, -0.25) is 14.5 Å². The van der Waals surface area contributed by atoms with Crippen LogP contribution in [0, 0.1) is 12.8 Å². The summed E-state index contributed by atoms with van der Waals surface area (Å²) in [4.78, 5) is 23.9. The van der Waals surface area contributed by atoms with E-state index in [2.05, 4.69) is 19.6 Å². The van der Waals surface area contributed by atoms with Crippen LogP contribution in [0.2, 0.25) is 5.02 Å². The fraction of sp³-hybridized carbons (Fsp3) is 0.385. The number of aryl methyl sites for hydroxylation is 1. The van der Waals surface area contributed by atoms with E-state index in [1.54, 1.807) is 24.4 Å². The van der Waals surface area contributed by atoms with E-state index >= 15 is 0 Å². The highest BCUT2D eigenvalue weighted by atomic mass is 35.5. The van der Waals surface area contributed by atoms with E-state index in [-0.39, 0.29) is 24.6 Å². The topological polar surface area (TPSA) is 93.9 Å².